The normalized spacial score (nSPS) is 26.9. The van der Waals surface area contributed by atoms with Crippen molar-refractivity contribution in [2.45, 2.75) is 116 Å². The smallest absolute Gasteiger partial charge is 0.227 e. The Kier molecular flexibility index (Phi) is 11.2. The van der Waals surface area contributed by atoms with E-state index in [2.05, 4.69) is 23.7 Å². The first-order chi connectivity index (χ1) is 16.0. The Bertz CT molecular complexity index is 619. The molecule has 0 radical (unpaired) electrons. The van der Waals surface area contributed by atoms with Crippen LogP contribution in [0.15, 0.2) is 12.3 Å². The van der Waals surface area contributed by atoms with Gasteiger partial charge in [0.05, 0.1) is 0 Å². The highest BCUT2D eigenvalue weighted by Gasteiger charge is 2.27. The zero-order valence-corrected chi connectivity index (χ0v) is 21.3. The second kappa shape index (κ2) is 14.1. The summed E-state index contributed by atoms with van der Waals surface area (Å²) in [7, 11) is 0. The van der Waals surface area contributed by atoms with Crippen molar-refractivity contribution < 1.29 is 9.59 Å². The van der Waals surface area contributed by atoms with Crippen molar-refractivity contribution in [3.05, 3.63) is 12.3 Å². The Morgan fingerprint density at radius 2 is 1.30 bits per heavy atom. The summed E-state index contributed by atoms with van der Waals surface area (Å²) in [5, 5.41) is 3.06. The van der Waals surface area contributed by atoms with E-state index < -0.39 is 0 Å². The third-order valence-electron chi connectivity index (χ3n) is 8.40. The first-order valence-electron chi connectivity index (χ1n) is 14.0. The molecule has 188 valence electrons. The molecule has 3 rings (SSSR count). The molecule has 0 bridgehead atoms. The minimum Gasteiger partial charge on any atom is -0.340 e. The molecule has 0 aromatic carbocycles. The van der Waals surface area contributed by atoms with Gasteiger partial charge in [0.25, 0.3) is 0 Å². The van der Waals surface area contributed by atoms with E-state index >= 15 is 0 Å². The maximum Gasteiger partial charge on any atom is 0.227 e. The molecule has 1 heterocycles. The topological polar surface area (TPSA) is 52.7 Å². The molecule has 2 atom stereocenters. The van der Waals surface area contributed by atoms with Gasteiger partial charge in [-0.05, 0) is 38.0 Å². The number of nitrogens with zero attached hydrogens (tertiary/aromatic N) is 2. The van der Waals surface area contributed by atoms with E-state index in [1.807, 2.05) is 4.90 Å². The van der Waals surface area contributed by atoms with Gasteiger partial charge in [0, 0.05) is 50.3 Å². The van der Waals surface area contributed by atoms with E-state index in [0.29, 0.717) is 24.5 Å². The van der Waals surface area contributed by atoms with Crippen LogP contribution < -0.4 is 5.32 Å². The van der Waals surface area contributed by atoms with E-state index in [0.717, 1.165) is 51.5 Å². The predicted molar refractivity (Wildman–Crippen MR) is 136 cm³/mol. The van der Waals surface area contributed by atoms with Crippen molar-refractivity contribution in [2.75, 3.05) is 26.2 Å². The summed E-state index contributed by atoms with van der Waals surface area (Å²) < 4.78 is 0. The van der Waals surface area contributed by atoms with Gasteiger partial charge in [0.1, 0.15) is 0 Å². The van der Waals surface area contributed by atoms with Gasteiger partial charge in [-0.2, -0.15) is 0 Å². The summed E-state index contributed by atoms with van der Waals surface area (Å²) in [5.41, 5.74) is 0.702. The lowest BCUT2D eigenvalue weighted by molar-refractivity contribution is -0.133. The minimum absolute atomic E-state index is 0.0805. The maximum atomic E-state index is 12.9. The molecular formula is C28H49N3O2. The van der Waals surface area contributed by atoms with Gasteiger partial charge < -0.3 is 10.2 Å². The molecule has 33 heavy (non-hydrogen) atoms. The fourth-order valence-corrected chi connectivity index (χ4v) is 6.12. The molecule has 2 saturated carbocycles. The quantitative estimate of drug-likeness (QED) is 0.558. The Hall–Kier alpha value is -1.36. The van der Waals surface area contributed by atoms with Crippen molar-refractivity contribution in [1.29, 1.82) is 0 Å². The summed E-state index contributed by atoms with van der Waals surface area (Å²) in [6, 6.07) is 0.720. The van der Waals surface area contributed by atoms with Crippen LogP contribution in [-0.4, -0.2) is 53.8 Å². The number of carbonyl (C=O) groups excluding carboxylic acids is 2. The van der Waals surface area contributed by atoms with Gasteiger partial charge in [0.15, 0.2) is 0 Å². The molecule has 0 spiro atoms. The summed E-state index contributed by atoms with van der Waals surface area (Å²) in [5.74, 6) is 0.830. The van der Waals surface area contributed by atoms with Crippen molar-refractivity contribution in [1.82, 2.24) is 15.1 Å². The van der Waals surface area contributed by atoms with Crippen LogP contribution in [0.25, 0.3) is 0 Å². The molecule has 5 heteroatoms. The van der Waals surface area contributed by atoms with Crippen LogP contribution >= 0.6 is 0 Å². The lowest BCUT2D eigenvalue weighted by Gasteiger charge is -2.40. The van der Waals surface area contributed by atoms with E-state index in [1.54, 1.807) is 0 Å². The standard InChI is InChI=1S/C28H49N3O2/c1-23-13-9-5-3-8-12-16-26(23)28(33)29-24(2)17-18-27(32)31-21-19-30(20-22-31)25-14-10-6-4-7-11-15-25/h23,25-26H,2-22H2,1H3,(H,29,33). The van der Waals surface area contributed by atoms with Gasteiger partial charge in [0.2, 0.25) is 11.8 Å². The van der Waals surface area contributed by atoms with E-state index in [9.17, 15) is 9.59 Å². The van der Waals surface area contributed by atoms with Gasteiger partial charge in [-0.25, -0.2) is 0 Å². The van der Waals surface area contributed by atoms with Crippen molar-refractivity contribution >= 4 is 11.8 Å². The number of amides is 2. The highest BCUT2D eigenvalue weighted by atomic mass is 16.2. The van der Waals surface area contributed by atoms with Crippen LogP contribution in [0.3, 0.4) is 0 Å². The number of hydrogen-bond acceptors (Lipinski definition) is 3. The number of nitrogens with one attached hydrogen (secondary N) is 1. The molecule has 3 fully saturated rings. The minimum atomic E-state index is 0.0805. The van der Waals surface area contributed by atoms with Crippen molar-refractivity contribution in [3.63, 3.8) is 0 Å². The second-order valence-electron chi connectivity index (χ2n) is 10.9. The fraction of sp³-hybridized carbons (Fsp3) is 0.857. The average Bonchev–Trinajstić information content (AvgIpc) is 2.89. The predicted octanol–water partition coefficient (Wildman–Crippen LogP) is 5.65. The zero-order valence-electron chi connectivity index (χ0n) is 21.3. The number of allylic oxidation sites excluding steroid dienone is 1. The van der Waals surface area contributed by atoms with Crippen LogP contribution in [0, 0.1) is 11.8 Å². The first-order valence-corrected chi connectivity index (χ1v) is 14.0. The Balaban J connectivity index is 1.36. The number of hydrogen-bond donors (Lipinski definition) is 1. The van der Waals surface area contributed by atoms with Gasteiger partial charge in [-0.3, -0.25) is 14.5 Å². The summed E-state index contributed by atoms with van der Waals surface area (Å²) in [6.45, 7) is 9.99. The van der Waals surface area contributed by atoms with Crippen LogP contribution in [0.5, 0.6) is 0 Å². The third-order valence-corrected chi connectivity index (χ3v) is 8.40. The van der Waals surface area contributed by atoms with E-state index in [-0.39, 0.29) is 17.7 Å². The molecule has 1 aliphatic heterocycles. The van der Waals surface area contributed by atoms with E-state index in [1.165, 1.54) is 70.6 Å². The van der Waals surface area contributed by atoms with Gasteiger partial charge >= 0.3 is 0 Å². The maximum absolute atomic E-state index is 12.9. The molecule has 2 aliphatic carbocycles. The van der Waals surface area contributed by atoms with Crippen LogP contribution in [0.1, 0.15) is 110 Å². The average molecular weight is 460 g/mol. The van der Waals surface area contributed by atoms with Gasteiger partial charge in [-0.1, -0.05) is 77.7 Å². The van der Waals surface area contributed by atoms with E-state index in [4.69, 9.17) is 0 Å². The zero-order chi connectivity index (χ0) is 23.5. The van der Waals surface area contributed by atoms with Crippen molar-refractivity contribution in [3.8, 4) is 0 Å². The fourth-order valence-electron chi connectivity index (χ4n) is 6.12. The third kappa shape index (κ3) is 8.73. The largest absolute Gasteiger partial charge is 0.340 e. The number of piperazine rings is 1. The lowest BCUT2D eigenvalue weighted by Crippen LogP contribution is -2.52. The van der Waals surface area contributed by atoms with Gasteiger partial charge in [-0.15, -0.1) is 0 Å². The van der Waals surface area contributed by atoms with Crippen LogP contribution in [-0.2, 0) is 9.59 Å². The molecule has 1 saturated heterocycles. The molecular weight excluding hydrogens is 410 g/mol. The second-order valence-corrected chi connectivity index (χ2v) is 10.9. The van der Waals surface area contributed by atoms with Crippen molar-refractivity contribution in [2.24, 2.45) is 11.8 Å². The number of rotatable bonds is 6. The molecule has 1 N–H and O–H groups in total. The first kappa shape index (κ1) is 26.2. The van der Waals surface area contributed by atoms with Crippen LogP contribution in [0.2, 0.25) is 0 Å². The molecule has 2 unspecified atom stereocenters. The Morgan fingerprint density at radius 3 is 1.94 bits per heavy atom. The molecule has 0 aromatic heterocycles. The van der Waals surface area contributed by atoms with Crippen LogP contribution in [0.4, 0.5) is 0 Å². The summed E-state index contributed by atoms with van der Waals surface area (Å²) >= 11 is 0. The molecule has 2 amide bonds. The Labute approximate surface area is 202 Å². The molecule has 0 aromatic rings. The SMILES string of the molecule is C=C(CCC(=O)N1CCN(C2CCCCCCC2)CC1)NC(=O)C1CCCCCCCC1C. The highest BCUT2D eigenvalue weighted by molar-refractivity contribution is 5.81. The Morgan fingerprint density at radius 1 is 0.758 bits per heavy atom. The number of carbonyl (C=O) groups is 2. The lowest BCUT2D eigenvalue weighted by atomic mass is 9.86. The molecule has 5 nitrogen and oxygen atoms in total. The molecule has 3 aliphatic rings. The summed E-state index contributed by atoms with van der Waals surface area (Å²) in [6.07, 6.45) is 18.8. The highest BCUT2D eigenvalue weighted by Crippen LogP contribution is 2.28. The monoisotopic (exact) mass is 459 g/mol. The summed E-state index contributed by atoms with van der Waals surface area (Å²) in [4.78, 5) is 30.4.